The molecule has 1 heterocycles. The van der Waals surface area contributed by atoms with Gasteiger partial charge in [-0.05, 0) is 26.3 Å². The topological polar surface area (TPSA) is 85.2 Å². The van der Waals surface area contributed by atoms with Crippen LogP contribution in [0.15, 0.2) is 35.9 Å². The van der Waals surface area contributed by atoms with Crippen LogP contribution in [0.5, 0.6) is 28.7 Å². The Bertz CT molecular complexity index is 941. The first-order chi connectivity index (χ1) is 13.4. The maximum atomic E-state index is 13.2. The number of hydrogen-bond acceptors (Lipinski definition) is 6. The van der Waals surface area contributed by atoms with Gasteiger partial charge in [-0.25, -0.2) is 0 Å². The second-order valence-corrected chi connectivity index (χ2v) is 6.92. The Hall–Kier alpha value is -3.15. The summed E-state index contributed by atoms with van der Waals surface area (Å²) < 4.78 is 16.2. The quantitative estimate of drug-likeness (QED) is 0.759. The standard InChI is InChI=1S/C22H24O6/c1-12(2)5-7-15-18(27-4)10-19-20(21(15)24)22(25)16(11-28-19)14-8-6-13(26-3)9-17(14)23/h5-6,8-10,16,23-24H,7,11H2,1-4H3. The number of ether oxygens (including phenoxy) is 3. The zero-order valence-corrected chi connectivity index (χ0v) is 16.4. The highest BCUT2D eigenvalue weighted by molar-refractivity contribution is 6.07. The summed E-state index contributed by atoms with van der Waals surface area (Å²) in [7, 11) is 3.01. The van der Waals surface area contributed by atoms with Crippen LogP contribution in [0.2, 0.25) is 0 Å². The van der Waals surface area contributed by atoms with E-state index in [0.29, 0.717) is 29.0 Å². The molecule has 1 atom stereocenters. The van der Waals surface area contributed by atoms with Crippen molar-refractivity contribution in [2.45, 2.75) is 26.2 Å². The Labute approximate surface area is 164 Å². The molecular formula is C22H24O6. The Morgan fingerprint density at radius 2 is 1.96 bits per heavy atom. The predicted molar refractivity (Wildman–Crippen MR) is 105 cm³/mol. The van der Waals surface area contributed by atoms with Crippen LogP contribution in [0.1, 0.15) is 41.3 Å². The Morgan fingerprint density at radius 1 is 1.21 bits per heavy atom. The number of fused-ring (bicyclic) bond motifs is 1. The fraction of sp³-hybridized carbons (Fsp3) is 0.318. The Morgan fingerprint density at radius 3 is 2.57 bits per heavy atom. The first kappa shape index (κ1) is 19.6. The van der Waals surface area contributed by atoms with E-state index in [2.05, 4.69) is 0 Å². The normalized spacial score (nSPS) is 15.4. The van der Waals surface area contributed by atoms with Crippen LogP contribution >= 0.6 is 0 Å². The number of phenolic OH excluding ortho intramolecular Hbond substituents is 2. The number of rotatable bonds is 5. The molecule has 0 radical (unpaired) electrons. The molecule has 3 rings (SSSR count). The molecule has 0 amide bonds. The molecule has 2 aromatic rings. The van der Waals surface area contributed by atoms with E-state index in [1.165, 1.54) is 20.3 Å². The van der Waals surface area contributed by atoms with Gasteiger partial charge in [0.05, 0.1) is 20.1 Å². The van der Waals surface area contributed by atoms with E-state index in [9.17, 15) is 15.0 Å². The van der Waals surface area contributed by atoms with Crippen LogP contribution in [0, 0.1) is 0 Å². The lowest BCUT2D eigenvalue weighted by atomic mass is 9.86. The minimum Gasteiger partial charge on any atom is -0.508 e. The molecule has 1 aliphatic heterocycles. The lowest BCUT2D eigenvalue weighted by molar-refractivity contribution is 0.0889. The molecule has 6 nitrogen and oxygen atoms in total. The first-order valence-corrected chi connectivity index (χ1v) is 8.97. The lowest BCUT2D eigenvalue weighted by Gasteiger charge is -2.27. The molecule has 6 heteroatoms. The van der Waals surface area contributed by atoms with Gasteiger partial charge < -0.3 is 24.4 Å². The molecule has 0 saturated heterocycles. The molecule has 0 aliphatic carbocycles. The smallest absolute Gasteiger partial charge is 0.181 e. The third-order valence-corrected chi connectivity index (χ3v) is 4.84. The molecule has 0 fully saturated rings. The predicted octanol–water partition coefficient (Wildman–Crippen LogP) is 3.98. The van der Waals surface area contributed by atoms with Crippen molar-refractivity contribution in [3.05, 3.63) is 52.6 Å². The van der Waals surface area contributed by atoms with Crippen molar-refractivity contribution in [3.63, 3.8) is 0 Å². The second kappa shape index (κ2) is 7.84. The largest absolute Gasteiger partial charge is 0.508 e. The fourth-order valence-electron chi connectivity index (χ4n) is 3.30. The molecule has 1 aliphatic rings. The number of carbonyl (C=O) groups is 1. The van der Waals surface area contributed by atoms with E-state index in [1.54, 1.807) is 18.2 Å². The molecule has 0 aromatic heterocycles. The summed E-state index contributed by atoms with van der Waals surface area (Å²) in [6.07, 6.45) is 2.38. The van der Waals surface area contributed by atoms with Crippen molar-refractivity contribution in [1.29, 1.82) is 0 Å². The van der Waals surface area contributed by atoms with Crippen molar-refractivity contribution in [1.82, 2.24) is 0 Å². The number of allylic oxidation sites excluding steroid dienone is 2. The zero-order chi connectivity index (χ0) is 20.4. The molecule has 28 heavy (non-hydrogen) atoms. The van der Waals surface area contributed by atoms with Crippen molar-refractivity contribution in [2.75, 3.05) is 20.8 Å². The maximum Gasteiger partial charge on any atom is 0.181 e. The summed E-state index contributed by atoms with van der Waals surface area (Å²) >= 11 is 0. The maximum absolute atomic E-state index is 13.2. The van der Waals surface area contributed by atoms with Gasteiger partial charge in [-0.1, -0.05) is 17.7 Å². The SMILES string of the molecule is COc1ccc(C2COc3cc(OC)c(CC=C(C)C)c(O)c3C2=O)c(O)c1. The van der Waals surface area contributed by atoms with Gasteiger partial charge in [-0.15, -0.1) is 0 Å². The van der Waals surface area contributed by atoms with Crippen LogP contribution in [-0.2, 0) is 6.42 Å². The van der Waals surface area contributed by atoms with Gasteiger partial charge in [0.15, 0.2) is 5.78 Å². The van der Waals surface area contributed by atoms with Crippen molar-refractivity contribution in [3.8, 4) is 28.7 Å². The molecule has 2 N–H and O–H groups in total. The van der Waals surface area contributed by atoms with Crippen molar-refractivity contribution >= 4 is 5.78 Å². The summed E-state index contributed by atoms with van der Waals surface area (Å²) in [6.45, 7) is 3.97. The average Bonchev–Trinajstić information content (AvgIpc) is 2.67. The third kappa shape index (κ3) is 3.50. The molecule has 1 unspecified atom stereocenters. The Balaban J connectivity index is 2.06. The van der Waals surface area contributed by atoms with E-state index in [4.69, 9.17) is 14.2 Å². The van der Waals surface area contributed by atoms with Gasteiger partial charge in [0.2, 0.25) is 0 Å². The first-order valence-electron chi connectivity index (χ1n) is 8.97. The van der Waals surface area contributed by atoms with Gasteiger partial charge in [0.25, 0.3) is 0 Å². The third-order valence-electron chi connectivity index (χ3n) is 4.84. The van der Waals surface area contributed by atoms with E-state index < -0.39 is 5.92 Å². The van der Waals surface area contributed by atoms with E-state index in [1.807, 2.05) is 19.9 Å². The highest BCUT2D eigenvalue weighted by Gasteiger charge is 2.36. The molecule has 0 bridgehead atoms. The van der Waals surface area contributed by atoms with E-state index in [0.717, 1.165) is 5.57 Å². The number of benzene rings is 2. The van der Waals surface area contributed by atoms with Gasteiger partial charge >= 0.3 is 0 Å². The Kier molecular flexibility index (Phi) is 5.49. The van der Waals surface area contributed by atoms with Crippen LogP contribution in [0.3, 0.4) is 0 Å². The number of phenols is 2. The van der Waals surface area contributed by atoms with Crippen LogP contribution in [0.25, 0.3) is 0 Å². The number of carbonyl (C=O) groups excluding carboxylic acids is 1. The summed E-state index contributed by atoms with van der Waals surface area (Å²) in [5.41, 5.74) is 2.16. The molecular weight excluding hydrogens is 360 g/mol. The average molecular weight is 384 g/mol. The summed E-state index contributed by atoms with van der Waals surface area (Å²) in [4.78, 5) is 13.2. The number of hydrogen-bond donors (Lipinski definition) is 2. The number of aromatic hydroxyl groups is 2. The van der Waals surface area contributed by atoms with Crippen LogP contribution in [-0.4, -0.2) is 36.8 Å². The summed E-state index contributed by atoms with van der Waals surface area (Å²) in [6, 6.07) is 6.39. The molecule has 2 aromatic carbocycles. The van der Waals surface area contributed by atoms with Crippen LogP contribution in [0.4, 0.5) is 0 Å². The van der Waals surface area contributed by atoms with Gasteiger partial charge in [0.1, 0.15) is 40.9 Å². The van der Waals surface area contributed by atoms with Gasteiger partial charge in [0, 0.05) is 23.3 Å². The second-order valence-electron chi connectivity index (χ2n) is 6.92. The lowest BCUT2D eigenvalue weighted by Crippen LogP contribution is -2.26. The van der Waals surface area contributed by atoms with E-state index >= 15 is 0 Å². The zero-order valence-electron chi connectivity index (χ0n) is 16.4. The van der Waals surface area contributed by atoms with Crippen LogP contribution < -0.4 is 14.2 Å². The van der Waals surface area contributed by atoms with E-state index in [-0.39, 0.29) is 35.2 Å². The monoisotopic (exact) mass is 384 g/mol. The van der Waals surface area contributed by atoms with Gasteiger partial charge in [-0.2, -0.15) is 0 Å². The molecule has 148 valence electrons. The minimum absolute atomic E-state index is 0.0532. The van der Waals surface area contributed by atoms with Crippen molar-refractivity contribution < 1.29 is 29.2 Å². The molecule has 0 saturated carbocycles. The number of ketones is 1. The fourth-order valence-corrected chi connectivity index (χ4v) is 3.30. The minimum atomic E-state index is -0.728. The number of Topliss-reactive ketones (excluding diaryl/α,β-unsaturated/α-hetero) is 1. The summed E-state index contributed by atoms with van der Waals surface area (Å²) in [5.74, 6) is 0.00524. The summed E-state index contributed by atoms with van der Waals surface area (Å²) in [5, 5.41) is 21.2. The highest BCUT2D eigenvalue weighted by atomic mass is 16.5. The van der Waals surface area contributed by atoms with Gasteiger partial charge in [-0.3, -0.25) is 4.79 Å². The number of methoxy groups -OCH3 is 2. The highest BCUT2D eigenvalue weighted by Crippen LogP contribution is 2.45. The van der Waals surface area contributed by atoms with Crippen molar-refractivity contribution in [2.24, 2.45) is 0 Å². The molecule has 0 spiro atoms.